The van der Waals surface area contributed by atoms with E-state index in [4.69, 9.17) is 0 Å². The first-order chi connectivity index (χ1) is 6.20. The molecule has 2 aliphatic heterocycles. The maximum absolute atomic E-state index is 10.3. The Morgan fingerprint density at radius 3 is 2.46 bits per heavy atom. The monoisotopic (exact) mass is 187 g/mol. The van der Waals surface area contributed by atoms with Crippen molar-refractivity contribution in [2.75, 3.05) is 26.8 Å². The van der Waals surface area contributed by atoms with Crippen molar-refractivity contribution >= 4 is 12.0 Å². The summed E-state index contributed by atoms with van der Waals surface area (Å²) < 4.78 is 9.02. The second-order valence-corrected chi connectivity index (χ2v) is 2.48. The molecule has 6 heteroatoms. The number of carbonyl (C=O) groups is 2. The highest BCUT2D eigenvalue weighted by molar-refractivity contribution is 5.79. The van der Waals surface area contributed by atoms with Crippen molar-refractivity contribution in [3.63, 3.8) is 0 Å². The van der Waals surface area contributed by atoms with Gasteiger partial charge in [-0.05, 0) is 7.05 Å². The summed E-state index contributed by atoms with van der Waals surface area (Å²) in [5.41, 5.74) is 0. The number of cyclic esters (lactones) is 1. The van der Waals surface area contributed by atoms with Gasteiger partial charge in [0, 0.05) is 0 Å². The minimum absolute atomic E-state index is 0.0139. The first-order valence-electron chi connectivity index (χ1n) is 3.81. The highest BCUT2D eigenvalue weighted by atomic mass is 16.6. The summed E-state index contributed by atoms with van der Waals surface area (Å²) in [6, 6.07) is 0. The third kappa shape index (κ3) is 3.29. The summed E-state index contributed by atoms with van der Waals surface area (Å²) in [7, 11) is 1.66. The molecule has 2 aliphatic rings. The summed E-state index contributed by atoms with van der Waals surface area (Å²) in [4.78, 5) is 21.7. The molecule has 0 saturated carbocycles. The molecular formula is C7H11N2O4-. The van der Waals surface area contributed by atoms with Gasteiger partial charge in [0.25, 0.3) is 0 Å². The summed E-state index contributed by atoms with van der Waals surface area (Å²) in [6.07, 6.45) is -0.296. The standard InChI is InChI=1S/C4H6NO2.C3H5NO2/c1-5-3-7-2-4(5)6;5-3-4-1-2-6-3/h3H,2H2,1H3;1-2H2,(H,4,5)/q-1;. The number of hydrogen-bond donors (Lipinski definition) is 1. The molecule has 2 heterocycles. The number of likely N-dealkylation sites (N-methyl/N-ethyl adjacent to an activating group) is 1. The predicted molar refractivity (Wildman–Crippen MR) is 42.4 cm³/mol. The summed E-state index contributed by atoms with van der Waals surface area (Å²) >= 11 is 0. The predicted octanol–water partition coefficient (Wildman–Crippen LogP) is -0.680. The fourth-order valence-electron chi connectivity index (χ4n) is 0.729. The lowest BCUT2D eigenvalue weighted by Crippen LogP contribution is -2.16. The van der Waals surface area contributed by atoms with Gasteiger partial charge in [0.2, 0.25) is 5.91 Å². The van der Waals surface area contributed by atoms with Gasteiger partial charge in [0.15, 0.2) is 0 Å². The number of hydrogen-bond acceptors (Lipinski definition) is 4. The molecule has 0 aromatic rings. The van der Waals surface area contributed by atoms with Gasteiger partial charge in [-0.3, -0.25) is 4.79 Å². The van der Waals surface area contributed by atoms with Crippen LogP contribution in [0.5, 0.6) is 0 Å². The number of nitrogens with one attached hydrogen (secondary N) is 1. The lowest BCUT2D eigenvalue weighted by atomic mass is 10.6. The summed E-state index contributed by atoms with van der Waals surface area (Å²) in [5.74, 6) is 0.0139. The number of alkyl carbamates (subject to hydrolysis) is 1. The van der Waals surface area contributed by atoms with E-state index < -0.39 is 0 Å². The van der Waals surface area contributed by atoms with Crippen molar-refractivity contribution in [2.24, 2.45) is 0 Å². The molecule has 0 aromatic carbocycles. The largest absolute Gasteiger partial charge is 0.525 e. The zero-order valence-corrected chi connectivity index (χ0v) is 7.28. The van der Waals surface area contributed by atoms with E-state index >= 15 is 0 Å². The van der Waals surface area contributed by atoms with E-state index in [-0.39, 0.29) is 18.6 Å². The van der Waals surface area contributed by atoms with Crippen LogP contribution in [0.1, 0.15) is 0 Å². The van der Waals surface area contributed by atoms with Crippen molar-refractivity contribution in [2.45, 2.75) is 0 Å². The van der Waals surface area contributed by atoms with E-state index in [1.54, 1.807) is 7.05 Å². The smallest absolute Gasteiger partial charge is 0.407 e. The molecular weight excluding hydrogens is 176 g/mol. The van der Waals surface area contributed by atoms with E-state index in [1.165, 1.54) is 11.6 Å². The fraction of sp³-hybridized carbons (Fsp3) is 0.571. The Labute approximate surface area is 75.8 Å². The van der Waals surface area contributed by atoms with E-state index in [0.29, 0.717) is 13.2 Å². The van der Waals surface area contributed by atoms with Gasteiger partial charge in [0.1, 0.15) is 6.61 Å². The zero-order chi connectivity index (χ0) is 9.68. The van der Waals surface area contributed by atoms with E-state index in [0.717, 1.165) is 0 Å². The van der Waals surface area contributed by atoms with Gasteiger partial charge in [-0.2, -0.15) is 0 Å². The molecule has 0 radical (unpaired) electrons. The van der Waals surface area contributed by atoms with Crippen LogP contribution in [0.2, 0.25) is 0 Å². The Morgan fingerprint density at radius 2 is 2.31 bits per heavy atom. The van der Waals surface area contributed by atoms with Crippen LogP contribution in [0, 0.1) is 6.73 Å². The van der Waals surface area contributed by atoms with Gasteiger partial charge in [-0.25, -0.2) is 4.79 Å². The molecule has 0 spiro atoms. The van der Waals surface area contributed by atoms with Crippen LogP contribution in [0.15, 0.2) is 0 Å². The third-order valence-corrected chi connectivity index (χ3v) is 1.44. The second kappa shape index (κ2) is 4.66. The Kier molecular flexibility index (Phi) is 3.51. The van der Waals surface area contributed by atoms with Crippen LogP contribution >= 0.6 is 0 Å². The van der Waals surface area contributed by atoms with Crippen LogP contribution in [-0.2, 0) is 14.3 Å². The Morgan fingerprint density at radius 1 is 1.54 bits per heavy atom. The molecule has 2 amide bonds. The second-order valence-electron chi connectivity index (χ2n) is 2.48. The number of amides is 2. The van der Waals surface area contributed by atoms with Gasteiger partial charge in [-0.15, -0.1) is 6.73 Å². The molecule has 2 rings (SSSR count). The topological polar surface area (TPSA) is 67.9 Å². The van der Waals surface area contributed by atoms with Crippen LogP contribution < -0.4 is 5.32 Å². The summed E-state index contributed by atoms with van der Waals surface area (Å²) in [5, 5.41) is 2.46. The van der Waals surface area contributed by atoms with E-state index in [9.17, 15) is 9.59 Å². The maximum Gasteiger partial charge on any atom is 0.407 e. The molecule has 2 saturated heterocycles. The first kappa shape index (κ1) is 9.79. The van der Waals surface area contributed by atoms with Crippen molar-refractivity contribution in [1.82, 2.24) is 10.2 Å². The van der Waals surface area contributed by atoms with Crippen molar-refractivity contribution in [3.8, 4) is 0 Å². The lowest BCUT2D eigenvalue weighted by Gasteiger charge is -2.14. The van der Waals surface area contributed by atoms with Crippen molar-refractivity contribution in [3.05, 3.63) is 6.73 Å². The highest BCUT2D eigenvalue weighted by Gasteiger charge is 2.06. The quantitative estimate of drug-likeness (QED) is 0.510. The summed E-state index contributed by atoms with van der Waals surface area (Å²) in [6.45, 7) is 2.80. The average Bonchev–Trinajstić information content (AvgIpc) is 2.67. The molecule has 1 N–H and O–H groups in total. The number of nitrogens with zero attached hydrogens (tertiary/aromatic N) is 1. The van der Waals surface area contributed by atoms with Gasteiger partial charge in [0.05, 0.1) is 13.2 Å². The van der Waals surface area contributed by atoms with E-state index in [1.807, 2.05) is 0 Å². The molecule has 6 nitrogen and oxygen atoms in total. The molecule has 74 valence electrons. The molecule has 0 bridgehead atoms. The number of carbonyl (C=O) groups excluding carboxylic acids is 2. The number of ether oxygens (including phenoxy) is 2. The van der Waals surface area contributed by atoms with Crippen molar-refractivity contribution in [1.29, 1.82) is 0 Å². The average molecular weight is 187 g/mol. The Hall–Kier alpha value is -1.30. The maximum atomic E-state index is 10.3. The first-order valence-corrected chi connectivity index (χ1v) is 3.81. The SMILES string of the molecule is CN1[CH-]OCC1=O.O=C1NCCO1. The molecule has 0 aromatic heterocycles. The van der Waals surface area contributed by atoms with E-state index in [2.05, 4.69) is 14.8 Å². The van der Waals surface area contributed by atoms with Crippen LogP contribution in [0.25, 0.3) is 0 Å². The molecule has 2 fully saturated rings. The Balaban J connectivity index is 0.000000132. The lowest BCUT2D eigenvalue weighted by molar-refractivity contribution is -0.125. The van der Waals surface area contributed by atoms with Gasteiger partial charge < -0.3 is 19.7 Å². The fourth-order valence-corrected chi connectivity index (χ4v) is 0.729. The van der Waals surface area contributed by atoms with Crippen molar-refractivity contribution < 1.29 is 19.1 Å². The molecule has 0 unspecified atom stereocenters. The number of rotatable bonds is 0. The van der Waals surface area contributed by atoms with Crippen LogP contribution in [0.3, 0.4) is 0 Å². The highest BCUT2D eigenvalue weighted by Crippen LogP contribution is 1.99. The minimum atomic E-state index is -0.296. The van der Waals surface area contributed by atoms with Gasteiger partial charge >= 0.3 is 6.09 Å². The third-order valence-electron chi connectivity index (χ3n) is 1.44. The molecule has 0 aliphatic carbocycles. The van der Waals surface area contributed by atoms with Crippen LogP contribution in [0.4, 0.5) is 4.79 Å². The van der Waals surface area contributed by atoms with Crippen LogP contribution in [-0.4, -0.2) is 43.7 Å². The molecule has 0 atom stereocenters. The zero-order valence-electron chi connectivity index (χ0n) is 7.28. The van der Waals surface area contributed by atoms with Gasteiger partial charge in [-0.1, -0.05) is 0 Å². The Bertz CT molecular complexity index is 199. The normalized spacial score (nSPS) is 20.5. The minimum Gasteiger partial charge on any atom is -0.525 e. The molecule has 13 heavy (non-hydrogen) atoms.